The lowest BCUT2D eigenvalue weighted by Crippen LogP contribution is -2.46. The Labute approximate surface area is 134 Å². The molecule has 0 aliphatic rings. The Balaban J connectivity index is 4.00. The van der Waals surface area contributed by atoms with Crippen molar-refractivity contribution in [2.75, 3.05) is 13.1 Å². The number of hydrogen-bond acceptors (Lipinski definition) is 6. The number of carboxylic acid groups (broad SMARTS) is 1. The number of aliphatic carboxylic acids is 1. The molecule has 11 heteroatoms. The molecule has 0 radical (unpaired) electrons. The summed E-state index contributed by atoms with van der Waals surface area (Å²) < 4.78 is 0. The molecular weight excluding hydrogens is 304 g/mol. The van der Waals surface area contributed by atoms with Crippen molar-refractivity contribution >= 4 is 23.8 Å². The highest BCUT2D eigenvalue weighted by Crippen LogP contribution is 1.96. The van der Waals surface area contributed by atoms with Gasteiger partial charge < -0.3 is 33.8 Å². The molecule has 0 unspecified atom stereocenters. The molecule has 0 saturated carbocycles. The molecule has 132 valence electrons. The van der Waals surface area contributed by atoms with Crippen LogP contribution >= 0.6 is 0 Å². The van der Waals surface area contributed by atoms with Gasteiger partial charge in [-0.05, 0) is 25.7 Å². The average Bonchev–Trinajstić information content (AvgIpc) is 2.47. The van der Waals surface area contributed by atoms with Gasteiger partial charge in [0.05, 0.1) is 6.04 Å². The van der Waals surface area contributed by atoms with Gasteiger partial charge in [-0.2, -0.15) is 0 Å². The predicted octanol–water partition coefficient (Wildman–Crippen LogP) is -3.01. The molecule has 23 heavy (non-hydrogen) atoms. The number of amides is 1. The molecule has 0 saturated heterocycles. The summed E-state index contributed by atoms with van der Waals surface area (Å²) in [7, 11) is 0. The predicted molar refractivity (Wildman–Crippen MR) is 87.4 cm³/mol. The summed E-state index contributed by atoms with van der Waals surface area (Å²) in [6, 6.07) is -1.68. The van der Waals surface area contributed by atoms with E-state index in [1.165, 1.54) is 0 Å². The smallest absolute Gasteiger partial charge is 0.320 e. The average molecular weight is 330 g/mol. The zero-order valence-corrected chi connectivity index (χ0v) is 12.9. The maximum Gasteiger partial charge on any atom is 0.320 e. The van der Waals surface area contributed by atoms with Crippen LogP contribution in [0.5, 0.6) is 0 Å². The van der Waals surface area contributed by atoms with Crippen LogP contribution in [0.2, 0.25) is 0 Å². The molecular formula is C12H26N8O3. The van der Waals surface area contributed by atoms with Crippen molar-refractivity contribution < 1.29 is 14.7 Å². The lowest BCUT2D eigenvalue weighted by atomic mass is 10.1. The number of hydrogen-bond donors (Lipinski definition) is 7. The summed E-state index contributed by atoms with van der Waals surface area (Å²) in [5, 5.41) is 11.0. The number of nitrogens with two attached hydrogens (primary N) is 5. The second kappa shape index (κ2) is 11.2. The van der Waals surface area contributed by atoms with Gasteiger partial charge in [0.25, 0.3) is 0 Å². The Kier molecular flexibility index (Phi) is 10.0. The third kappa shape index (κ3) is 10.9. The van der Waals surface area contributed by atoms with E-state index in [-0.39, 0.29) is 24.9 Å². The molecule has 0 spiro atoms. The van der Waals surface area contributed by atoms with Gasteiger partial charge in [-0.15, -0.1) is 0 Å². The number of carbonyl (C=O) groups is 2. The summed E-state index contributed by atoms with van der Waals surface area (Å²) in [6.07, 6.45) is 1.65. The molecule has 0 rings (SSSR count). The molecule has 1 amide bonds. The summed E-state index contributed by atoms with van der Waals surface area (Å²) in [6.45, 7) is 0.642. The third-order valence-corrected chi connectivity index (χ3v) is 2.83. The van der Waals surface area contributed by atoms with Crippen molar-refractivity contribution in [2.24, 2.45) is 38.7 Å². The molecule has 0 fully saturated rings. The fourth-order valence-electron chi connectivity index (χ4n) is 1.54. The number of nitrogens with zero attached hydrogens (tertiary/aromatic N) is 2. The Bertz CT molecular complexity index is 448. The van der Waals surface area contributed by atoms with E-state index in [0.717, 1.165) is 0 Å². The van der Waals surface area contributed by atoms with Crippen molar-refractivity contribution in [3.8, 4) is 0 Å². The molecule has 0 aromatic rings. The van der Waals surface area contributed by atoms with Crippen LogP contribution in [0.4, 0.5) is 0 Å². The number of nitrogens with one attached hydrogen (secondary N) is 1. The maximum absolute atomic E-state index is 11.7. The molecule has 0 aliphatic carbocycles. The standard InChI is InChI=1S/C12H26N8O3/c13-7(3-1-5-18-11(15)16)9(21)20-12(17)19-6-2-4-8(14)10(22)23/h7-8H,1-6,13-14H2,(H,22,23)(H4,15,16,18)(H3,17,19,20,21)/t7-,8-/m0/s1. The first-order chi connectivity index (χ1) is 10.7. The van der Waals surface area contributed by atoms with E-state index in [1.807, 2.05) is 0 Å². The highest BCUT2D eigenvalue weighted by Gasteiger charge is 2.14. The summed E-state index contributed by atoms with van der Waals surface area (Å²) in [5.74, 6) is -1.61. The summed E-state index contributed by atoms with van der Waals surface area (Å²) in [4.78, 5) is 29.9. The largest absolute Gasteiger partial charge is 0.480 e. The van der Waals surface area contributed by atoms with Gasteiger partial charge in [0.2, 0.25) is 5.91 Å². The van der Waals surface area contributed by atoms with Crippen molar-refractivity contribution in [2.45, 2.75) is 37.8 Å². The Morgan fingerprint density at radius 3 is 2.00 bits per heavy atom. The molecule has 11 nitrogen and oxygen atoms in total. The lowest BCUT2D eigenvalue weighted by Gasteiger charge is -2.11. The Morgan fingerprint density at radius 2 is 1.48 bits per heavy atom. The maximum atomic E-state index is 11.7. The van der Waals surface area contributed by atoms with E-state index in [4.69, 9.17) is 33.8 Å². The zero-order valence-electron chi connectivity index (χ0n) is 12.9. The highest BCUT2D eigenvalue weighted by molar-refractivity contribution is 5.98. The summed E-state index contributed by atoms with van der Waals surface area (Å²) in [5.41, 5.74) is 26.9. The van der Waals surface area contributed by atoms with Crippen LogP contribution in [0.1, 0.15) is 25.7 Å². The summed E-state index contributed by atoms with van der Waals surface area (Å²) >= 11 is 0. The van der Waals surface area contributed by atoms with Crippen LogP contribution in [-0.4, -0.2) is 54.1 Å². The van der Waals surface area contributed by atoms with Gasteiger partial charge in [0.15, 0.2) is 11.9 Å². The minimum Gasteiger partial charge on any atom is -0.480 e. The Morgan fingerprint density at radius 1 is 0.957 bits per heavy atom. The second-order valence-corrected chi connectivity index (χ2v) is 4.90. The first-order valence-corrected chi connectivity index (χ1v) is 7.14. The van der Waals surface area contributed by atoms with Crippen LogP contribution in [0.15, 0.2) is 9.98 Å². The molecule has 0 aliphatic heterocycles. The van der Waals surface area contributed by atoms with E-state index in [9.17, 15) is 9.59 Å². The second-order valence-electron chi connectivity index (χ2n) is 4.90. The van der Waals surface area contributed by atoms with Gasteiger partial charge in [-0.25, -0.2) is 0 Å². The van der Waals surface area contributed by atoms with Gasteiger partial charge >= 0.3 is 5.97 Å². The quantitative estimate of drug-likeness (QED) is 0.124. The van der Waals surface area contributed by atoms with Crippen molar-refractivity contribution in [1.29, 1.82) is 0 Å². The van der Waals surface area contributed by atoms with Gasteiger partial charge in [0, 0.05) is 13.1 Å². The van der Waals surface area contributed by atoms with Crippen LogP contribution in [-0.2, 0) is 9.59 Å². The van der Waals surface area contributed by atoms with Crippen LogP contribution < -0.4 is 34.0 Å². The van der Waals surface area contributed by atoms with E-state index < -0.39 is 24.0 Å². The van der Waals surface area contributed by atoms with Crippen LogP contribution in [0.3, 0.4) is 0 Å². The third-order valence-electron chi connectivity index (χ3n) is 2.83. The van der Waals surface area contributed by atoms with Crippen molar-refractivity contribution in [1.82, 2.24) is 5.32 Å². The SMILES string of the molecule is NC(N)=NCCC[C@H](N)C(=O)NC(N)=NCCC[C@H](N)C(=O)O. The van der Waals surface area contributed by atoms with Crippen LogP contribution in [0.25, 0.3) is 0 Å². The molecule has 0 bridgehead atoms. The van der Waals surface area contributed by atoms with E-state index in [0.29, 0.717) is 25.8 Å². The fourth-order valence-corrected chi connectivity index (χ4v) is 1.54. The first-order valence-electron chi connectivity index (χ1n) is 7.14. The zero-order chi connectivity index (χ0) is 17.8. The molecule has 0 heterocycles. The molecule has 0 aromatic heterocycles. The minimum atomic E-state index is -1.07. The lowest BCUT2D eigenvalue weighted by molar-refractivity contribution is -0.138. The van der Waals surface area contributed by atoms with Crippen molar-refractivity contribution in [3.05, 3.63) is 0 Å². The molecule has 2 atom stereocenters. The van der Waals surface area contributed by atoms with E-state index in [2.05, 4.69) is 15.3 Å². The number of carboxylic acids is 1. The highest BCUT2D eigenvalue weighted by atomic mass is 16.4. The number of aliphatic imine (C=N–C) groups is 2. The van der Waals surface area contributed by atoms with Crippen molar-refractivity contribution in [3.63, 3.8) is 0 Å². The topological polar surface area (TPSA) is 221 Å². The first kappa shape index (κ1) is 20.6. The number of carbonyl (C=O) groups excluding carboxylic acids is 1. The minimum absolute atomic E-state index is 0.0120. The monoisotopic (exact) mass is 330 g/mol. The fraction of sp³-hybridized carbons (Fsp3) is 0.667. The molecule has 0 aromatic carbocycles. The number of rotatable bonds is 10. The van der Waals surface area contributed by atoms with Gasteiger partial charge in [0.1, 0.15) is 6.04 Å². The van der Waals surface area contributed by atoms with E-state index in [1.54, 1.807) is 0 Å². The van der Waals surface area contributed by atoms with Gasteiger partial charge in [-0.1, -0.05) is 0 Å². The van der Waals surface area contributed by atoms with Gasteiger partial charge in [-0.3, -0.25) is 24.9 Å². The van der Waals surface area contributed by atoms with E-state index >= 15 is 0 Å². The number of guanidine groups is 2. The van der Waals surface area contributed by atoms with Crippen LogP contribution in [0, 0.1) is 0 Å². The normalized spacial score (nSPS) is 13.9. The molecule has 12 N–H and O–H groups in total. The Hall–Kier alpha value is -2.40.